The first-order valence-electron chi connectivity index (χ1n) is 5.99. The highest BCUT2D eigenvalue weighted by Crippen LogP contribution is 2.56. The van der Waals surface area contributed by atoms with Crippen LogP contribution in [0.2, 0.25) is 0 Å². The smallest absolute Gasteiger partial charge is 0.167 e. The molecule has 94 valence electrons. The normalized spacial score (nSPS) is 33.8. The van der Waals surface area contributed by atoms with Crippen molar-refractivity contribution in [1.82, 2.24) is 19.5 Å². The summed E-state index contributed by atoms with van der Waals surface area (Å²) in [7, 11) is 0. The first-order valence-corrected chi connectivity index (χ1v) is 5.99. The predicted octanol–water partition coefficient (Wildman–Crippen LogP) is -0.0657. The van der Waals surface area contributed by atoms with E-state index in [1.807, 2.05) is 4.57 Å². The molecular weight excluding hydrogens is 234 g/mol. The van der Waals surface area contributed by atoms with Gasteiger partial charge in [0.2, 0.25) is 0 Å². The third kappa shape index (κ3) is 1.23. The lowest BCUT2D eigenvalue weighted by atomic mass is 10.2. The van der Waals surface area contributed by atoms with Gasteiger partial charge in [-0.05, 0) is 12.3 Å². The van der Waals surface area contributed by atoms with Crippen molar-refractivity contribution in [2.24, 2.45) is 11.8 Å². The zero-order valence-corrected chi connectivity index (χ0v) is 9.60. The highest BCUT2D eigenvalue weighted by molar-refractivity contribution is 5.81. The van der Waals surface area contributed by atoms with Gasteiger partial charge in [0, 0.05) is 5.92 Å². The maximum absolute atomic E-state index is 9.24. The molecule has 18 heavy (non-hydrogen) atoms. The molecule has 7 heteroatoms. The molecule has 0 aromatic carbocycles. The molecule has 0 spiro atoms. The van der Waals surface area contributed by atoms with Crippen molar-refractivity contribution in [3.05, 3.63) is 12.7 Å². The van der Waals surface area contributed by atoms with Gasteiger partial charge in [0.25, 0.3) is 0 Å². The van der Waals surface area contributed by atoms with E-state index in [9.17, 15) is 5.11 Å². The quantitative estimate of drug-likeness (QED) is 0.771. The summed E-state index contributed by atoms with van der Waals surface area (Å²) in [5.41, 5.74) is 7.05. The summed E-state index contributed by atoms with van der Waals surface area (Å²) in [5, 5.41) is 9.24. The SMILES string of the molecule is Nc1ncnc2c1ncn2[C@H]1O[C@H](CO)[C@@H]2C[C@@H]21. The van der Waals surface area contributed by atoms with Gasteiger partial charge in [-0.1, -0.05) is 0 Å². The number of nitrogen functional groups attached to an aromatic ring is 1. The Kier molecular flexibility index (Phi) is 1.93. The average molecular weight is 247 g/mol. The fourth-order valence-electron chi connectivity index (χ4n) is 2.88. The molecule has 7 nitrogen and oxygen atoms in total. The van der Waals surface area contributed by atoms with Crippen molar-refractivity contribution in [3.63, 3.8) is 0 Å². The van der Waals surface area contributed by atoms with E-state index < -0.39 is 0 Å². The zero-order chi connectivity index (χ0) is 12.3. The molecule has 0 unspecified atom stereocenters. The fraction of sp³-hybridized carbons (Fsp3) is 0.545. The van der Waals surface area contributed by atoms with E-state index in [0.717, 1.165) is 6.42 Å². The van der Waals surface area contributed by atoms with Crippen LogP contribution in [0.4, 0.5) is 5.82 Å². The number of hydrogen-bond acceptors (Lipinski definition) is 6. The number of ether oxygens (including phenoxy) is 1. The molecule has 2 aromatic rings. The molecule has 1 saturated heterocycles. The van der Waals surface area contributed by atoms with Crippen LogP contribution in [0.25, 0.3) is 11.2 Å². The molecule has 0 amide bonds. The van der Waals surface area contributed by atoms with Crippen molar-refractivity contribution >= 4 is 17.0 Å². The predicted molar refractivity (Wildman–Crippen MR) is 62.3 cm³/mol. The highest BCUT2D eigenvalue weighted by Gasteiger charge is 2.56. The molecule has 2 aromatic heterocycles. The highest BCUT2D eigenvalue weighted by atomic mass is 16.5. The maximum Gasteiger partial charge on any atom is 0.167 e. The first-order chi connectivity index (χ1) is 8.79. The minimum absolute atomic E-state index is 0.0587. The number of fused-ring (bicyclic) bond motifs is 2. The first kappa shape index (κ1) is 10.2. The largest absolute Gasteiger partial charge is 0.394 e. The molecule has 4 atom stereocenters. The topological polar surface area (TPSA) is 99.1 Å². The van der Waals surface area contributed by atoms with Gasteiger partial charge in [-0.2, -0.15) is 0 Å². The van der Waals surface area contributed by atoms with Crippen LogP contribution in [-0.2, 0) is 4.74 Å². The molecule has 4 rings (SSSR count). The van der Waals surface area contributed by atoms with E-state index in [2.05, 4.69) is 15.0 Å². The number of nitrogens with two attached hydrogens (primary N) is 1. The Morgan fingerprint density at radius 2 is 2.28 bits per heavy atom. The van der Waals surface area contributed by atoms with E-state index in [1.54, 1.807) is 6.33 Å². The lowest BCUT2D eigenvalue weighted by Crippen LogP contribution is -2.19. The number of anilines is 1. The third-order valence-electron chi connectivity index (χ3n) is 3.89. The molecule has 0 bridgehead atoms. The number of rotatable bonds is 2. The van der Waals surface area contributed by atoms with Crippen LogP contribution in [0.1, 0.15) is 12.6 Å². The van der Waals surface area contributed by atoms with Crippen LogP contribution in [0, 0.1) is 11.8 Å². The van der Waals surface area contributed by atoms with E-state index in [4.69, 9.17) is 10.5 Å². The Bertz CT molecular complexity index is 612. The Morgan fingerprint density at radius 1 is 1.39 bits per heavy atom. The zero-order valence-electron chi connectivity index (χ0n) is 9.60. The van der Waals surface area contributed by atoms with Gasteiger partial charge in [0.15, 0.2) is 11.5 Å². The average Bonchev–Trinajstić information content (AvgIpc) is 2.91. The molecule has 3 N–H and O–H groups in total. The number of aromatic nitrogens is 4. The molecule has 2 fully saturated rings. The molecule has 1 aliphatic heterocycles. The lowest BCUT2D eigenvalue weighted by molar-refractivity contribution is -0.0479. The second-order valence-electron chi connectivity index (χ2n) is 4.89. The number of imidazole rings is 1. The van der Waals surface area contributed by atoms with Crippen molar-refractivity contribution in [2.45, 2.75) is 18.8 Å². The van der Waals surface area contributed by atoms with Gasteiger partial charge >= 0.3 is 0 Å². The van der Waals surface area contributed by atoms with E-state index in [0.29, 0.717) is 28.8 Å². The van der Waals surface area contributed by atoms with E-state index in [-0.39, 0.29) is 18.9 Å². The van der Waals surface area contributed by atoms with Crippen LogP contribution in [0.3, 0.4) is 0 Å². The number of hydrogen-bond donors (Lipinski definition) is 2. The van der Waals surface area contributed by atoms with Crippen LogP contribution in [-0.4, -0.2) is 37.3 Å². The summed E-state index contributed by atoms with van der Waals surface area (Å²) in [6.45, 7) is 0.0709. The maximum atomic E-state index is 9.24. The van der Waals surface area contributed by atoms with Crippen molar-refractivity contribution in [2.75, 3.05) is 12.3 Å². The Labute approximate surface area is 103 Å². The Morgan fingerprint density at radius 3 is 3.06 bits per heavy atom. The number of aliphatic hydroxyl groups is 1. The minimum Gasteiger partial charge on any atom is -0.394 e. The van der Waals surface area contributed by atoms with Crippen molar-refractivity contribution in [1.29, 1.82) is 0 Å². The molecule has 2 aliphatic rings. The van der Waals surface area contributed by atoms with Crippen molar-refractivity contribution < 1.29 is 9.84 Å². The summed E-state index contributed by atoms with van der Waals surface area (Å²) in [5.74, 6) is 1.30. The molecule has 1 saturated carbocycles. The minimum atomic E-state index is -0.0913. The summed E-state index contributed by atoms with van der Waals surface area (Å²) in [6, 6.07) is 0. The van der Waals surface area contributed by atoms with Crippen LogP contribution >= 0.6 is 0 Å². The Balaban J connectivity index is 1.78. The van der Waals surface area contributed by atoms with Gasteiger partial charge in [0.05, 0.1) is 19.0 Å². The van der Waals surface area contributed by atoms with Gasteiger partial charge in [-0.3, -0.25) is 4.57 Å². The third-order valence-corrected chi connectivity index (χ3v) is 3.89. The van der Waals surface area contributed by atoms with Crippen molar-refractivity contribution in [3.8, 4) is 0 Å². The van der Waals surface area contributed by atoms with Crippen LogP contribution in [0.5, 0.6) is 0 Å². The molecule has 1 aliphatic carbocycles. The second kappa shape index (κ2) is 3.39. The van der Waals surface area contributed by atoms with Gasteiger partial charge in [-0.15, -0.1) is 0 Å². The molecule has 3 heterocycles. The van der Waals surface area contributed by atoms with Crippen LogP contribution < -0.4 is 5.73 Å². The molecular formula is C11H13N5O2. The Hall–Kier alpha value is -1.73. The summed E-state index contributed by atoms with van der Waals surface area (Å²) in [4.78, 5) is 12.4. The van der Waals surface area contributed by atoms with E-state index >= 15 is 0 Å². The molecule has 0 radical (unpaired) electrons. The van der Waals surface area contributed by atoms with Crippen LogP contribution in [0.15, 0.2) is 12.7 Å². The lowest BCUT2D eigenvalue weighted by Gasteiger charge is -2.17. The number of aliphatic hydroxyl groups excluding tert-OH is 1. The summed E-state index contributed by atoms with van der Waals surface area (Å²) >= 11 is 0. The van der Waals surface area contributed by atoms with Gasteiger partial charge < -0.3 is 15.6 Å². The van der Waals surface area contributed by atoms with Gasteiger partial charge in [0.1, 0.15) is 18.1 Å². The standard InChI is InChI=1S/C11H13N5O2/c12-9-8-10(14-3-13-9)16(4-15-8)11-6-1-5(6)7(2-17)18-11/h3-7,11,17H,1-2H2,(H2,12,13,14)/t5-,6+,7-,11+/m1/s1. The monoisotopic (exact) mass is 247 g/mol. The fourth-order valence-corrected chi connectivity index (χ4v) is 2.88. The summed E-state index contributed by atoms with van der Waals surface area (Å²) in [6.07, 6.45) is 4.06. The second-order valence-corrected chi connectivity index (χ2v) is 4.89. The summed E-state index contributed by atoms with van der Waals surface area (Å²) < 4.78 is 7.73. The van der Waals surface area contributed by atoms with E-state index in [1.165, 1.54) is 6.33 Å². The number of nitrogens with zero attached hydrogens (tertiary/aromatic N) is 4. The van der Waals surface area contributed by atoms with Gasteiger partial charge in [-0.25, -0.2) is 15.0 Å².